The highest BCUT2D eigenvalue weighted by atomic mass is 35.5. The Morgan fingerprint density at radius 1 is 1.30 bits per heavy atom. The molecular formula is C23H27ClFN3O2. The second-order valence-corrected chi connectivity index (χ2v) is 7.97. The fraction of sp³-hybridized carbons (Fsp3) is 0.391. The largest absolute Gasteiger partial charge is 0.372 e. The van der Waals surface area contributed by atoms with Crippen molar-refractivity contribution < 1.29 is 14.0 Å². The van der Waals surface area contributed by atoms with Gasteiger partial charge in [0.15, 0.2) is 0 Å². The van der Waals surface area contributed by atoms with Crippen LogP contribution in [0.3, 0.4) is 0 Å². The minimum absolute atomic E-state index is 0.0395. The van der Waals surface area contributed by atoms with Crippen LogP contribution in [-0.4, -0.2) is 38.0 Å². The van der Waals surface area contributed by atoms with Crippen LogP contribution in [0.5, 0.6) is 0 Å². The third kappa shape index (κ3) is 5.30. The highest BCUT2D eigenvalue weighted by Gasteiger charge is 2.35. The van der Waals surface area contributed by atoms with Gasteiger partial charge >= 0.3 is 0 Å². The average molecular weight is 432 g/mol. The summed E-state index contributed by atoms with van der Waals surface area (Å²) in [7, 11) is 0. The Hall–Kier alpha value is -2.60. The van der Waals surface area contributed by atoms with Crippen molar-refractivity contribution in [2.24, 2.45) is 5.92 Å². The van der Waals surface area contributed by atoms with Crippen molar-refractivity contribution in [3.8, 4) is 0 Å². The number of carbonyl (C=O) groups is 2. The molecule has 0 bridgehead atoms. The molecule has 1 aliphatic rings. The number of carbonyl (C=O) groups excluding carboxylic acids is 2. The van der Waals surface area contributed by atoms with E-state index in [1.54, 1.807) is 0 Å². The van der Waals surface area contributed by atoms with Crippen LogP contribution in [0.15, 0.2) is 42.5 Å². The van der Waals surface area contributed by atoms with E-state index in [0.29, 0.717) is 12.2 Å². The van der Waals surface area contributed by atoms with Crippen molar-refractivity contribution in [2.45, 2.75) is 26.7 Å². The molecule has 0 aliphatic carbocycles. The molecule has 0 saturated carbocycles. The van der Waals surface area contributed by atoms with Gasteiger partial charge in [-0.3, -0.25) is 9.59 Å². The van der Waals surface area contributed by atoms with E-state index in [-0.39, 0.29) is 29.8 Å². The molecule has 1 saturated heterocycles. The predicted octanol–water partition coefficient (Wildman–Crippen LogP) is 4.17. The average Bonchev–Trinajstić information content (AvgIpc) is 3.11. The first kappa shape index (κ1) is 22.1. The Balaban J connectivity index is 1.48. The van der Waals surface area contributed by atoms with E-state index in [9.17, 15) is 14.0 Å². The molecule has 160 valence electrons. The number of amides is 2. The number of anilines is 2. The number of rotatable bonds is 8. The van der Waals surface area contributed by atoms with Gasteiger partial charge in [-0.15, -0.1) is 0 Å². The summed E-state index contributed by atoms with van der Waals surface area (Å²) in [6.45, 7) is 6.74. The van der Waals surface area contributed by atoms with Crippen molar-refractivity contribution in [2.75, 3.05) is 36.0 Å². The van der Waals surface area contributed by atoms with Gasteiger partial charge in [0.05, 0.1) is 10.9 Å². The lowest BCUT2D eigenvalue weighted by Gasteiger charge is -2.23. The molecule has 2 aromatic rings. The maximum Gasteiger partial charge on any atom is 0.227 e. The molecule has 0 aromatic heterocycles. The zero-order valence-electron chi connectivity index (χ0n) is 17.3. The number of hydrogen-bond donors (Lipinski definition) is 1. The second-order valence-electron chi connectivity index (χ2n) is 7.57. The molecular weight excluding hydrogens is 405 g/mol. The van der Waals surface area contributed by atoms with Gasteiger partial charge in [0.2, 0.25) is 11.8 Å². The van der Waals surface area contributed by atoms with Crippen LogP contribution in [0.25, 0.3) is 0 Å². The molecule has 0 spiro atoms. The SMILES string of the molecule is CCN(CCCNC(=O)C1CC(=O)N(c2ccc(F)c(Cl)c2)C1)c1cccc(C)c1. The summed E-state index contributed by atoms with van der Waals surface area (Å²) in [5, 5.41) is 2.91. The zero-order chi connectivity index (χ0) is 21.7. The summed E-state index contributed by atoms with van der Waals surface area (Å²) < 4.78 is 13.4. The number of benzene rings is 2. The summed E-state index contributed by atoms with van der Waals surface area (Å²) in [6, 6.07) is 12.5. The van der Waals surface area contributed by atoms with Gasteiger partial charge in [0, 0.05) is 44.0 Å². The van der Waals surface area contributed by atoms with Crippen LogP contribution >= 0.6 is 11.6 Å². The monoisotopic (exact) mass is 431 g/mol. The second kappa shape index (κ2) is 9.94. The third-order valence-corrected chi connectivity index (χ3v) is 5.65. The van der Waals surface area contributed by atoms with E-state index < -0.39 is 11.7 Å². The Labute approximate surface area is 181 Å². The number of halogens is 2. The molecule has 2 amide bonds. The first-order chi connectivity index (χ1) is 14.4. The van der Waals surface area contributed by atoms with E-state index in [0.717, 1.165) is 19.5 Å². The molecule has 1 unspecified atom stereocenters. The molecule has 1 atom stereocenters. The topological polar surface area (TPSA) is 52.7 Å². The van der Waals surface area contributed by atoms with Gasteiger partial charge in [-0.25, -0.2) is 4.39 Å². The summed E-state index contributed by atoms with van der Waals surface area (Å²) >= 11 is 5.82. The van der Waals surface area contributed by atoms with Crippen molar-refractivity contribution in [3.63, 3.8) is 0 Å². The van der Waals surface area contributed by atoms with E-state index >= 15 is 0 Å². The quantitative estimate of drug-likeness (QED) is 0.638. The lowest BCUT2D eigenvalue weighted by Crippen LogP contribution is -2.35. The number of aryl methyl sites for hydroxylation is 1. The summed E-state index contributed by atoms with van der Waals surface area (Å²) in [5.74, 6) is -1.24. The van der Waals surface area contributed by atoms with Gasteiger partial charge in [0.25, 0.3) is 0 Å². The maximum absolute atomic E-state index is 13.4. The van der Waals surface area contributed by atoms with E-state index in [2.05, 4.69) is 42.3 Å². The molecule has 5 nitrogen and oxygen atoms in total. The highest BCUT2D eigenvalue weighted by Crippen LogP contribution is 2.28. The summed E-state index contributed by atoms with van der Waals surface area (Å²) in [5.41, 5.74) is 2.91. The Bertz CT molecular complexity index is 921. The molecule has 7 heteroatoms. The first-order valence-electron chi connectivity index (χ1n) is 10.2. The van der Waals surface area contributed by atoms with E-state index in [1.807, 2.05) is 6.07 Å². The van der Waals surface area contributed by atoms with Gasteiger partial charge in [-0.05, 0) is 56.2 Å². The Morgan fingerprint density at radius 2 is 2.10 bits per heavy atom. The van der Waals surface area contributed by atoms with Crippen molar-refractivity contribution in [1.82, 2.24) is 5.32 Å². The van der Waals surface area contributed by atoms with Crippen molar-refractivity contribution in [1.29, 1.82) is 0 Å². The summed E-state index contributed by atoms with van der Waals surface area (Å²) in [6.07, 6.45) is 0.955. The zero-order valence-corrected chi connectivity index (χ0v) is 18.1. The molecule has 30 heavy (non-hydrogen) atoms. The third-order valence-electron chi connectivity index (χ3n) is 5.36. The van der Waals surface area contributed by atoms with Crippen molar-refractivity contribution >= 4 is 34.8 Å². The van der Waals surface area contributed by atoms with Gasteiger partial charge < -0.3 is 15.1 Å². The molecule has 1 heterocycles. The van der Waals surface area contributed by atoms with Gasteiger partial charge in [0.1, 0.15) is 5.82 Å². The van der Waals surface area contributed by atoms with E-state index in [1.165, 1.54) is 34.3 Å². The molecule has 1 N–H and O–H groups in total. The van der Waals surface area contributed by atoms with E-state index in [4.69, 9.17) is 11.6 Å². The minimum atomic E-state index is -0.534. The van der Waals surface area contributed by atoms with Crippen LogP contribution < -0.4 is 15.1 Å². The number of hydrogen-bond acceptors (Lipinski definition) is 3. The Morgan fingerprint density at radius 3 is 2.80 bits per heavy atom. The first-order valence-corrected chi connectivity index (χ1v) is 10.6. The maximum atomic E-state index is 13.4. The minimum Gasteiger partial charge on any atom is -0.372 e. The fourth-order valence-corrected chi connectivity index (χ4v) is 3.88. The van der Waals surface area contributed by atoms with Crippen LogP contribution in [0.4, 0.5) is 15.8 Å². The predicted molar refractivity (Wildman–Crippen MR) is 119 cm³/mol. The van der Waals surface area contributed by atoms with Gasteiger partial charge in [-0.1, -0.05) is 23.7 Å². The fourth-order valence-electron chi connectivity index (χ4n) is 3.71. The number of nitrogens with one attached hydrogen (secondary N) is 1. The highest BCUT2D eigenvalue weighted by molar-refractivity contribution is 6.31. The molecule has 1 aliphatic heterocycles. The smallest absolute Gasteiger partial charge is 0.227 e. The lowest BCUT2D eigenvalue weighted by molar-refractivity contribution is -0.126. The van der Waals surface area contributed by atoms with Crippen LogP contribution in [-0.2, 0) is 9.59 Å². The lowest BCUT2D eigenvalue weighted by atomic mass is 10.1. The molecule has 3 rings (SSSR count). The normalized spacial score (nSPS) is 16.1. The summed E-state index contributed by atoms with van der Waals surface area (Å²) in [4.78, 5) is 28.6. The Kier molecular flexibility index (Phi) is 7.32. The van der Waals surface area contributed by atoms with Crippen LogP contribution in [0.1, 0.15) is 25.3 Å². The van der Waals surface area contributed by atoms with Gasteiger partial charge in [-0.2, -0.15) is 0 Å². The standard InChI is InChI=1S/C23H27ClFN3O2/c1-3-27(18-7-4-6-16(2)12-18)11-5-10-26-23(30)17-13-22(29)28(15-17)19-8-9-21(25)20(24)14-19/h4,6-9,12,14,17H,3,5,10-11,13,15H2,1-2H3,(H,26,30). The van der Waals surface area contributed by atoms with Crippen LogP contribution in [0.2, 0.25) is 5.02 Å². The number of nitrogens with zero attached hydrogens (tertiary/aromatic N) is 2. The molecule has 0 radical (unpaired) electrons. The van der Waals surface area contributed by atoms with Crippen LogP contribution in [0, 0.1) is 18.7 Å². The van der Waals surface area contributed by atoms with Crippen molar-refractivity contribution in [3.05, 3.63) is 58.9 Å². The molecule has 2 aromatic carbocycles. The molecule has 1 fully saturated rings.